The molecule has 11 nitrogen and oxygen atoms in total. The Morgan fingerprint density at radius 2 is 1.56 bits per heavy atom. The van der Waals surface area contributed by atoms with Gasteiger partial charge in [0.2, 0.25) is 0 Å². The van der Waals surface area contributed by atoms with Gasteiger partial charge in [0.05, 0.1) is 38.1 Å². The number of nitrogens with zero attached hydrogens (tertiary/aromatic N) is 6. The Labute approximate surface area is 227 Å². The zero-order valence-electron chi connectivity index (χ0n) is 23.3. The minimum Gasteiger partial charge on any atom is -0.495 e. The van der Waals surface area contributed by atoms with Gasteiger partial charge in [-0.15, -0.1) is 5.10 Å². The number of fused-ring (bicyclic) bond motifs is 1. The molecule has 39 heavy (non-hydrogen) atoms. The Balaban J connectivity index is 1.58. The molecule has 2 aromatic heterocycles. The molecule has 4 aromatic rings. The summed E-state index contributed by atoms with van der Waals surface area (Å²) in [5.74, 6) is 2.60. The lowest BCUT2D eigenvalue weighted by Crippen LogP contribution is -2.49. The minimum absolute atomic E-state index is 0.199. The van der Waals surface area contributed by atoms with Gasteiger partial charge in [0, 0.05) is 43.2 Å². The molecule has 5 rings (SSSR count). The summed E-state index contributed by atoms with van der Waals surface area (Å²) in [6.45, 7) is 9.04. The molecule has 0 aliphatic carbocycles. The smallest absolute Gasteiger partial charge is 0.253 e. The number of piperazine rings is 1. The van der Waals surface area contributed by atoms with Crippen molar-refractivity contribution in [1.29, 1.82) is 0 Å². The predicted octanol–water partition coefficient (Wildman–Crippen LogP) is 3.21. The van der Waals surface area contributed by atoms with Crippen molar-refractivity contribution in [3.05, 3.63) is 64.2 Å². The van der Waals surface area contributed by atoms with Gasteiger partial charge in [0.25, 0.3) is 5.56 Å². The zero-order valence-corrected chi connectivity index (χ0v) is 23.3. The molecule has 3 heterocycles. The summed E-state index contributed by atoms with van der Waals surface area (Å²) in [6, 6.07) is 13.1. The number of tetrazole rings is 1. The number of ether oxygens (including phenoxy) is 3. The second kappa shape index (κ2) is 10.6. The van der Waals surface area contributed by atoms with Crippen molar-refractivity contribution in [2.45, 2.75) is 32.4 Å². The first kappa shape index (κ1) is 26.5. The number of H-pyrrole nitrogens is 1. The Kier molecular flexibility index (Phi) is 7.17. The topological polar surface area (TPSA) is 111 Å². The van der Waals surface area contributed by atoms with Gasteiger partial charge in [-0.3, -0.25) is 9.69 Å². The lowest BCUT2D eigenvalue weighted by atomic mass is 10.0. The van der Waals surface area contributed by atoms with Crippen LogP contribution >= 0.6 is 0 Å². The number of hydrogen-bond donors (Lipinski definition) is 1. The van der Waals surface area contributed by atoms with Gasteiger partial charge >= 0.3 is 0 Å². The molecule has 2 aromatic carbocycles. The molecule has 11 heteroatoms. The summed E-state index contributed by atoms with van der Waals surface area (Å²) in [6.07, 6.45) is 0. The lowest BCUT2D eigenvalue weighted by Gasteiger charge is -2.40. The second-order valence-electron chi connectivity index (χ2n) is 10.6. The largest absolute Gasteiger partial charge is 0.495 e. The van der Waals surface area contributed by atoms with Gasteiger partial charge in [0.1, 0.15) is 11.8 Å². The summed E-state index contributed by atoms with van der Waals surface area (Å²) in [5.41, 5.74) is 1.71. The van der Waals surface area contributed by atoms with Crippen LogP contribution in [0.5, 0.6) is 17.2 Å². The van der Waals surface area contributed by atoms with E-state index in [1.807, 2.05) is 55.8 Å². The van der Waals surface area contributed by atoms with E-state index in [-0.39, 0.29) is 11.1 Å². The molecule has 1 unspecified atom stereocenters. The Morgan fingerprint density at radius 1 is 0.897 bits per heavy atom. The van der Waals surface area contributed by atoms with Gasteiger partial charge in [-0.25, -0.2) is 4.68 Å². The third-order valence-electron chi connectivity index (χ3n) is 7.15. The van der Waals surface area contributed by atoms with Crippen LogP contribution in [0.25, 0.3) is 10.9 Å². The van der Waals surface area contributed by atoms with Crippen molar-refractivity contribution in [3.8, 4) is 17.2 Å². The maximum absolute atomic E-state index is 13.6. The lowest BCUT2D eigenvalue weighted by molar-refractivity contribution is 0.190. The van der Waals surface area contributed by atoms with Crippen LogP contribution in [-0.2, 0) is 5.54 Å². The van der Waals surface area contributed by atoms with Crippen LogP contribution in [-0.4, -0.2) is 77.6 Å². The highest BCUT2D eigenvalue weighted by atomic mass is 16.5. The zero-order chi connectivity index (χ0) is 27.7. The van der Waals surface area contributed by atoms with Crippen molar-refractivity contribution in [2.24, 2.45) is 0 Å². The van der Waals surface area contributed by atoms with Gasteiger partial charge in [-0.05, 0) is 55.5 Å². The van der Waals surface area contributed by atoms with Crippen molar-refractivity contribution in [3.63, 3.8) is 0 Å². The van der Waals surface area contributed by atoms with Gasteiger partial charge in [-0.1, -0.05) is 12.1 Å². The molecule has 1 aliphatic heterocycles. The van der Waals surface area contributed by atoms with E-state index >= 15 is 0 Å². The molecule has 206 valence electrons. The summed E-state index contributed by atoms with van der Waals surface area (Å²) in [5, 5.41) is 13.6. The summed E-state index contributed by atoms with van der Waals surface area (Å²) in [7, 11) is 4.86. The van der Waals surface area contributed by atoms with Gasteiger partial charge < -0.3 is 24.1 Å². The highest BCUT2D eigenvalue weighted by Crippen LogP contribution is 2.35. The van der Waals surface area contributed by atoms with E-state index in [1.54, 1.807) is 27.4 Å². The monoisotopic (exact) mass is 533 g/mol. The van der Waals surface area contributed by atoms with E-state index in [9.17, 15) is 4.79 Å². The molecule has 0 saturated carbocycles. The van der Waals surface area contributed by atoms with E-state index in [1.165, 1.54) is 0 Å². The first-order valence-corrected chi connectivity index (χ1v) is 12.9. The average Bonchev–Trinajstić information content (AvgIpc) is 3.43. The second-order valence-corrected chi connectivity index (χ2v) is 10.6. The van der Waals surface area contributed by atoms with Crippen LogP contribution in [0.1, 0.15) is 38.2 Å². The Bertz CT molecular complexity index is 1520. The molecule has 0 spiro atoms. The van der Waals surface area contributed by atoms with E-state index in [4.69, 9.17) is 14.2 Å². The maximum atomic E-state index is 13.6. The average molecular weight is 534 g/mol. The summed E-state index contributed by atoms with van der Waals surface area (Å²) >= 11 is 0. The van der Waals surface area contributed by atoms with E-state index in [2.05, 4.69) is 36.4 Å². The predicted molar refractivity (Wildman–Crippen MR) is 149 cm³/mol. The molecular formula is C28H35N7O4. The molecule has 0 amide bonds. The number of methoxy groups -OCH3 is 3. The number of aromatic nitrogens is 5. The van der Waals surface area contributed by atoms with E-state index in [0.717, 1.165) is 29.9 Å². The Hall–Kier alpha value is -4.12. The third kappa shape index (κ3) is 5.01. The van der Waals surface area contributed by atoms with Crippen LogP contribution in [0.3, 0.4) is 0 Å². The quantitative estimate of drug-likeness (QED) is 0.383. The molecule has 0 bridgehead atoms. The molecule has 1 saturated heterocycles. The van der Waals surface area contributed by atoms with Crippen LogP contribution < -0.4 is 24.7 Å². The molecule has 1 aliphatic rings. The number of pyridine rings is 1. The number of nitrogens with one attached hydrogen (secondary N) is 1. The van der Waals surface area contributed by atoms with Crippen molar-refractivity contribution in [2.75, 3.05) is 52.4 Å². The molecule has 1 fully saturated rings. The normalized spacial score (nSPS) is 15.4. The fourth-order valence-corrected chi connectivity index (χ4v) is 5.21. The van der Waals surface area contributed by atoms with Crippen LogP contribution in [0.2, 0.25) is 0 Å². The number of rotatable bonds is 7. The van der Waals surface area contributed by atoms with Crippen LogP contribution in [0.4, 0.5) is 5.69 Å². The first-order valence-electron chi connectivity index (χ1n) is 12.9. The van der Waals surface area contributed by atoms with E-state index in [0.29, 0.717) is 41.5 Å². The fraction of sp³-hybridized carbons (Fsp3) is 0.429. The van der Waals surface area contributed by atoms with Crippen molar-refractivity contribution < 1.29 is 14.2 Å². The number of para-hydroxylation sites is 2. The maximum Gasteiger partial charge on any atom is 0.253 e. The number of hydrogen-bond acceptors (Lipinski definition) is 9. The fourth-order valence-electron chi connectivity index (χ4n) is 5.21. The number of benzene rings is 2. The van der Waals surface area contributed by atoms with Crippen LogP contribution in [0, 0.1) is 0 Å². The molecular weight excluding hydrogens is 498 g/mol. The standard InChI is InChI=1S/C28H35N7O4/c1-28(2,3)35-26(30-31-32-35)25(34-13-11-33(12-14-34)21-9-7-8-10-22(21)37-4)19-15-18-16-23(38-5)24(39-6)17-20(18)29-27(19)36/h7-10,15-17,25H,11-14H2,1-6H3,(H,29,36). The summed E-state index contributed by atoms with van der Waals surface area (Å²) < 4.78 is 18.4. The van der Waals surface area contributed by atoms with E-state index < -0.39 is 6.04 Å². The SMILES string of the molecule is COc1cc2cc(C(c3nnnn3C(C)(C)C)N3CCN(c4ccccc4OC)CC3)c(=O)[nH]c2cc1OC. The first-order chi connectivity index (χ1) is 18.7. The van der Waals surface area contributed by atoms with Crippen molar-refractivity contribution in [1.82, 2.24) is 30.1 Å². The third-order valence-corrected chi connectivity index (χ3v) is 7.15. The number of anilines is 1. The summed E-state index contributed by atoms with van der Waals surface area (Å²) in [4.78, 5) is 21.3. The minimum atomic E-state index is -0.458. The highest BCUT2D eigenvalue weighted by molar-refractivity contribution is 5.83. The van der Waals surface area contributed by atoms with Crippen molar-refractivity contribution >= 4 is 16.6 Å². The van der Waals surface area contributed by atoms with Crippen LogP contribution in [0.15, 0.2) is 47.3 Å². The molecule has 1 N–H and O–H groups in total. The Morgan fingerprint density at radius 3 is 2.23 bits per heavy atom. The van der Waals surface area contributed by atoms with Gasteiger partial charge in [-0.2, -0.15) is 0 Å². The molecule has 1 atom stereocenters. The molecule has 0 radical (unpaired) electrons. The van der Waals surface area contributed by atoms with Gasteiger partial charge in [0.15, 0.2) is 17.3 Å². The highest BCUT2D eigenvalue weighted by Gasteiger charge is 2.35. The number of aromatic amines is 1.